The number of hydrogen-bond donors (Lipinski definition) is 4. The minimum Gasteiger partial charge on any atom is -0.352 e. The van der Waals surface area contributed by atoms with Crippen molar-refractivity contribution >= 4 is 42.3 Å². The van der Waals surface area contributed by atoms with Crippen LogP contribution in [0.4, 0.5) is 5.69 Å². The lowest BCUT2D eigenvalue weighted by molar-refractivity contribution is -0.118. The molecule has 30 heavy (non-hydrogen) atoms. The first-order valence-electron chi connectivity index (χ1n) is 9.89. The van der Waals surface area contributed by atoms with Crippen molar-refractivity contribution in [2.75, 3.05) is 25.0 Å². The fraction of sp³-hybridized carbons (Fsp3) is 0.545. The number of anilines is 1. The number of carbonyl (C=O) groups is 2. The molecule has 1 aliphatic heterocycles. The van der Waals surface area contributed by atoms with E-state index in [2.05, 4.69) is 35.1 Å². The van der Waals surface area contributed by atoms with E-state index in [1.165, 1.54) is 0 Å². The number of carbonyl (C=O) groups excluding carboxylic acids is 2. The normalized spacial score (nSPS) is 16.0. The highest BCUT2D eigenvalue weighted by Crippen LogP contribution is 2.29. The van der Waals surface area contributed by atoms with Crippen molar-refractivity contribution in [2.45, 2.75) is 59.0 Å². The molecule has 0 bridgehead atoms. The van der Waals surface area contributed by atoms with Gasteiger partial charge in [0.2, 0.25) is 11.8 Å². The molecular weight excluding hydrogens is 423 g/mol. The summed E-state index contributed by atoms with van der Waals surface area (Å²) in [6.45, 7) is 13.6. The van der Waals surface area contributed by atoms with E-state index in [-0.39, 0.29) is 54.3 Å². The summed E-state index contributed by atoms with van der Waals surface area (Å²) in [5.74, 6) is -0.0940. The first kappa shape index (κ1) is 28.4. The lowest BCUT2D eigenvalue weighted by Gasteiger charge is -2.27. The Morgan fingerprint density at radius 3 is 2.13 bits per heavy atom. The Morgan fingerprint density at radius 2 is 1.60 bits per heavy atom. The molecule has 0 fully saturated rings. The summed E-state index contributed by atoms with van der Waals surface area (Å²) in [6.07, 6.45) is 2.76. The number of rotatable bonds is 8. The Labute approximate surface area is 192 Å². The molecule has 2 rings (SSSR count). The van der Waals surface area contributed by atoms with E-state index in [9.17, 15) is 9.59 Å². The van der Waals surface area contributed by atoms with Crippen LogP contribution in [0.25, 0.3) is 0 Å². The van der Waals surface area contributed by atoms with Crippen LogP contribution in [0.15, 0.2) is 29.8 Å². The van der Waals surface area contributed by atoms with Crippen LogP contribution in [0.1, 0.15) is 45.2 Å². The molecule has 0 saturated carbocycles. The Hall–Kier alpha value is -1.60. The smallest absolute Gasteiger partial charge is 0.248 e. The molecule has 1 aromatic rings. The fourth-order valence-corrected chi connectivity index (χ4v) is 3.71. The second-order valence-corrected chi connectivity index (χ2v) is 8.63. The Bertz CT molecular complexity index is 756. The second kappa shape index (κ2) is 11.7. The molecule has 0 aliphatic carbocycles. The number of para-hydroxylation sites is 1. The number of benzene rings is 1. The second-order valence-electron chi connectivity index (χ2n) is 8.63. The zero-order valence-electron chi connectivity index (χ0n) is 18.8. The molecule has 4 N–H and O–H groups in total. The van der Waals surface area contributed by atoms with Gasteiger partial charge in [-0.2, -0.15) is 0 Å². The first-order valence-corrected chi connectivity index (χ1v) is 9.89. The third kappa shape index (κ3) is 7.91. The van der Waals surface area contributed by atoms with E-state index < -0.39 is 0 Å². The Morgan fingerprint density at radius 1 is 1.00 bits per heavy atom. The molecule has 0 spiro atoms. The topological polar surface area (TPSA) is 82.3 Å². The van der Waals surface area contributed by atoms with Crippen LogP contribution >= 0.6 is 24.8 Å². The highest BCUT2D eigenvalue weighted by atomic mass is 35.5. The fourth-order valence-electron chi connectivity index (χ4n) is 3.71. The minimum atomic E-state index is -0.336. The predicted molar refractivity (Wildman–Crippen MR) is 129 cm³/mol. The molecule has 0 radical (unpaired) electrons. The van der Waals surface area contributed by atoms with Crippen LogP contribution < -0.4 is 21.3 Å². The zero-order chi connectivity index (χ0) is 20.9. The summed E-state index contributed by atoms with van der Waals surface area (Å²) in [5.41, 5.74) is 3.25. The number of aryl methyl sites for hydroxylation is 2. The zero-order valence-corrected chi connectivity index (χ0v) is 20.4. The Balaban J connectivity index is 0.00000420. The van der Waals surface area contributed by atoms with Crippen molar-refractivity contribution in [2.24, 2.45) is 0 Å². The molecule has 0 aromatic heterocycles. The van der Waals surface area contributed by atoms with Crippen molar-refractivity contribution in [3.05, 3.63) is 41.0 Å². The molecule has 2 amide bonds. The van der Waals surface area contributed by atoms with Crippen molar-refractivity contribution in [1.82, 2.24) is 16.0 Å². The summed E-state index contributed by atoms with van der Waals surface area (Å²) in [6, 6.07) is 5.94. The molecule has 1 aromatic carbocycles. The molecule has 8 heteroatoms. The van der Waals surface area contributed by atoms with Crippen LogP contribution in [0, 0.1) is 13.8 Å². The number of hydrogen-bond acceptors (Lipinski definition) is 4. The van der Waals surface area contributed by atoms with Gasteiger partial charge in [-0.15, -0.1) is 24.8 Å². The van der Waals surface area contributed by atoms with Gasteiger partial charge in [0.15, 0.2) is 0 Å². The molecule has 1 aliphatic rings. The van der Waals surface area contributed by atoms with E-state index in [0.717, 1.165) is 28.8 Å². The summed E-state index contributed by atoms with van der Waals surface area (Å²) in [4.78, 5) is 24.6. The SMILES string of the molecule is Cc1cccc(C)c1NC(=O)CNCCCNC(=O)C1=CC(C)(C)NC1(C)C.Cl.Cl. The van der Waals surface area contributed by atoms with Crippen LogP contribution in [-0.2, 0) is 9.59 Å². The standard InChI is InChI=1S/C22H34N4O2.2ClH/c1-15-9-7-10-16(2)19(15)25-18(27)14-23-11-8-12-24-20(28)17-13-21(3,4)26-22(17,5)6;;/h7,9-10,13,23,26H,8,11-12,14H2,1-6H3,(H,24,28)(H,25,27);2*1H. The largest absolute Gasteiger partial charge is 0.352 e. The van der Waals surface area contributed by atoms with Gasteiger partial charge in [0.25, 0.3) is 0 Å². The minimum absolute atomic E-state index is 0. The number of amides is 2. The van der Waals surface area contributed by atoms with Crippen molar-refractivity contribution < 1.29 is 9.59 Å². The van der Waals surface area contributed by atoms with Gasteiger partial charge in [-0.3, -0.25) is 14.9 Å². The van der Waals surface area contributed by atoms with Crippen LogP contribution in [-0.4, -0.2) is 42.5 Å². The van der Waals surface area contributed by atoms with Gasteiger partial charge in [0, 0.05) is 28.9 Å². The molecule has 1 heterocycles. The van der Waals surface area contributed by atoms with Crippen molar-refractivity contribution in [3.8, 4) is 0 Å². The molecular formula is C22H36Cl2N4O2. The van der Waals surface area contributed by atoms with Crippen LogP contribution in [0.3, 0.4) is 0 Å². The van der Waals surface area contributed by atoms with E-state index in [4.69, 9.17) is 0 Å². The average molecular weight is 459 g/mol. The van der Waals surface area contributed by atoms with E-state index in [0.29, 0.717) is 13.1 Å². The molecule has 0 atom stereocenters. The third-order valence-corrected chi connectivity index (χ3v) is 4.90. The third-order valence-electron chi connectivity index (χ3n) is 4.90. The van der Waals surface area contributed by atoms with Gasteiger partial charge >= 0.3 is 0 Å². The summed E-state index contributed by atoms with van der Waals surface area (Å²) in [7, 11) is 0. The summed E-state index contributed by atoms with van der Waals surface area (Å²) in [5, 5.41) is 12.5. The maximum Gasteiger partial charge on any atom is 0.248 e. The van der Waals surface area contributed by atoms with E-state index in [1.807, 2.05) is 52.0 Å². The predicted octanol–water partition coefficient (Wildman–Crippen LogP) is 3.27. The molecule has 0 unspecified atom stereocenters. The highest BCUT2D eigenvalue weighted by Gasteiger charge is 2.39. The van der Waals surface area contributed by atoms with Gasteiger partial charge in [-0.25, -0.2) is 0 Å². The summed E-state index contributed by atoms with van der Waals surface area (Å²) < 4.78 is 0. The number of nitrogens with one attached hydrogen (secondary N) is 4. The van der Waals surface area contributed by atoms with Gasteiger partial charge in [0.1, 0.15) is 0 Å². The maximum absolute atomic E-state index is 12.5. The first-order chi connectivity index (χ1) is 13.0. The highest BCUT2D eigenvalue weighted by molar-refractivity contribution is 5.96. The van der Waals surface area contributed by atoms with Gasteiger partial charge in [0.05, 0.1) is 6.54 Å². The van der Waals surface area contributed by atoms with Crippen molar-refractivity contribution in [3.63, 3.8) is 0 Å². The van der Waals surface area contributed by atoms with Crippen LogP contribution in [0.2, 0.25) is 0 Å². The Kier molecular flexibility index (Phi) is 11.1. The van der Waals surface area contributed by atoms with Gasteiger partial charge in [-0.05, 0) is 65.6 Å². The van der Waals surface area contributed by atoms with E-state index in [1.54, 1.807) is 0 Å². The van der Waals surface area contributed by atoms with Crippen molar-refractivity contribution in [1.29, 1.82) is 0 Å². The lowest BCUT2D eigenvalue weighted by atomic mass is 9.96. The van der Waals surface area contributed by atoms with Gasteiger partial charge < -0.3 is 16.0 Å². The summed E-state index contributed by atoms with van der Waals surface area (Å²) >= 11 is 0. The lowest BCUT2D eigenvalue weighted by Crippen LogP contribution is -2.47. The molecule has 0 saturated heterocycles. The number of halogens is 2. The quantitative estimate of drug-likeness (QED) is 0.450. The maximum atomic E-state index is 12.5. The monoisotopic (exact) mass is 458 g/mol. The average Bonchev–Trinajstić information content (AvgIpc) is 2.81. The van der Waals surface area contributed by atoms with Crippen LogP contribution in [0.5, 0.6) is 0 Å². The van der Waals surface area contributed by atoms with Gasteiger partial charge in [-0.1, -0.05) is 24.3 Å². The molecule has 170 valence electrons. The van der Waals surface area contributed by atoms with E-state index >= 15 is 0 Å². The molecule has 6 nitrogen and oxygen atoms in total.